The van der Waals surface area contributed by atoms with E-state index in [1.54, 1.807) is 11.3 Å². The molecule has 0 fully saturated rings. The predicted molar refractivity (Wildman–Crippen MR) is 86.1 cm³/mol. The first-order chi connectivity index (χ1) is 9.39. The summed E-state index contributed by atoms with van der Waals surface area (Å²) in [7, 11) is 0. The molecule has 0 saturated carbocycles. The Morgan fingerprint density at radius 2 is 2.05 bits per heavy atom. The maximum atomic E-state index is 4.76. The maximum absolute atomic E-state index is 4.76. The molecule has 3 nitrogen and oxygen atoms in total. The van der Waals surface area contributed by atoms with Crippen LogP contribution < -0.4 is 5.32 Å². The van der Waals surface area contributed by atoms with Gasteiger partial charge in [-0.25, -0.2) is 4.98 Å². The van der Waals surface area contributed by atoms with Gasteiger partial charge in [0.2, 0.25) is 0 Å². The largest absolute Gasteiger partial charge is 0.307 e. The van der Waals surface area contributed by atoms with E-state index in [0.29, 0.717) is 0 Å². The minimum atomic E-state index is 0.122. The summed E-state index contributed by atoms with van der Waals surface area (Å²) in [5.74, 6) is 0. The summed E-state index contributed by atoms with van der Waals surface area (Å²) < 4.78 is 0. The molecule has 0 spiro atoms. The molecule has 4 heteroatoms. The van der Waals surface area contributed by atoms with E-state index in [4.69, 9.17) is 4.98 Å². The van der Waals surface area contributed by atoms with E-state index < -0.39 is 0 Å². The molecule has 0 atom stereocenters. The minimum Gasteiger partial charge on any atom is -0.307 e. The summed E-state index contributed by atoms with van der Waals surface area (Å²) in [5.41, 5.74) is 3.51. The third kappa shape index (κ3) is 3.87. The maximum Gasteiger partial charge on any atom is 0.142 e. The fourth-order valence-electron chi connectivity index (χ4n) is 1.91. The Balaban J connectivity index is 2.26. The van der Waals surface area contributed by atoms with Crippen LogP contribution in [0.5, 0.6) is 0 Å². The van der Waals surface area contributed by atoms with Crippen LogP contribution in [0.15, 0.2) is 18.3 Å². The first-order valence-electron chi connectivity index (χ1n) is 7.05. The Labute approximate surface area is 125 Å². The quantitative estimate of drug-likeness (QED) is 0.925. The molecule has 2 aromatic rings. The van der Waals surface area contributed by atoms with Crippen LogP contribution in [-0.2, 0) is 13.0 Å². The summed E-state index contributed by atoms with van der Waals surface area (Å²) in [5, 5.41) is 4.56. The van der Waals surface area contributed by atoms with Crippen molar-refractivity contribution in [1.82, 2.24) is 15.3 Å². The molecule has 108 valence electrons. The molecular weight excluding hydrogens is 266 g/mol. The van der Waals surface area contributed by atoms with Crippen molar-refractivity contribution in [3.8, 4) is 10.7 Å². The molecule has 0 radical (unpaired) electrons. The van der Waals surface area contributed by atoms with Crippen molar-refractivity contribution >= 4 is 11.3 Å². The lowest BCUT2D eigenvalue weighted by atomic mass is 10.1. The molecule has 2 heterocycles. The van der Waals surface area contributed by atoms with Crippen LogP contribution in [0.4, 0.5) is 0 Å². The third-order valence-corrected chi connectivity index (χ3v) is 4.15. The van der Waals surface area contributed by atoms with Gasteiger partial charge in [0.05, 0.1) is 11.4 Å². The van der Waals surface area contributed by atoms with E-state index in [-0.39, 0.29) is 5.54 Å². The van der Waals surface area contributed by atoms with Gasteiger partial charge in [-0.3, -0.25) is 4.98 Å². The van der Waals surface area contributed by atoms with E-state index >= 15 is 0 Å². The second kappa shape index (κ2) is 6.02. The number of nitrogens with zero attached hydrogens (tertiary/aromatic N) is 2. The monoisotopic (exact) mass is 289 g/mol. The smallest absolute Gasteiger partial charge is 0.142 e. The zero-order valence-electron chi connectivity index (χ0n) is 12.9. The Morgan fingerprint density at radius 1 is 1.30 bits per heavy atom. The van der Waals surface area contributed by atoms with Crippen molar-refractivity contribution in [2.24, 2.45) is 0 Å². The number of hydrogen-bond acceptors (Lipinski definition) is 4. The van der Waals surface area contributed by atoms with Gasteiger partial charge < -0.3 is 5.32 Å². The van der Waals surface area contributed by atoms with Crippen LogP contribution in [0, 0.1) is 6.92 Å². The molecular formula is C16H23N3S. The van der Waals surface area contributed by atoms with E-state index in [0.717, 1.165) is 23.7 Å². The average molecular weight is 289 g/mol. The minimum absolute atomic E-state index is 0.122. The third-order valence-electron chi connectivity index (χ3n) is 3.03. The van der Waals surface area contributed by atoms with Crippen LogP contribution in [0.3, 0.4) is 0 Å². The van der Waals surface area contributed by atoms with Crippen LogP contribution in [0.2, 0.25) is 0 Å². The second-order valence-corrected chi connectivity index (χ2v) is 7.15. The van der Waals surface area contributed by atoms with Crippen molar-refractivity contribution in [2.45, 2.75) is 53.1 Å². The number of rotatable bonds is 4. The van der Waals surface area contributed by atoms with Crippen molar-refractivity contribution < 1.29 is 0 Å². The highest BCUT2D eigenvalue weighted by Crippen LogP contribution is 2.28. The van der Waals surface area contributed by atoms with Gasteiger partial charge in [-0.2, -0.15) is 0 Å². The average Bonchev–Trinajstić information content (AvgIpc) is 2.79. The molecule has 0 unspecified atom stereocenters. The van der Waals surface area contributed by atoms with E-state index in [9.17, 15) is 0 Å². The van der Waals surface area contributed by atoms with Crippen LogP contribution in [0.25, 0.3) is 10.7 Å². The van der Waals surface area contributed by atoms with Gasteiger partial charge in [0.15, 0.2) is 0 Å². The summed E-state index contributed by atoms with van der Waals surface area (Å²) >= 11 is 1.75. The molecule has 2 rings (SSSR count). The zero-order chi connectivity index (χ0) is 14.8. The summed E-state index contributed by atoms with van der Waals surface area (Å²) in [6.07, 6.45) is 2.81. The number of aromatic nitrogens is 2. The Hall–Kier alpha value is -1.26. The number of nitrogens with one attached hydrogen (secondary N) is 1. The molecule has 0 aliphatic carbocycles. The standard InChI is InChI=1S/C16H23N3S/c1-6-12-14(10-18-16(3,4)5)20-15(19-12)13-9-11(2)7-8-17-13/h7-9,18H,6,10H2,1-5H3. The molecule has 0 bridgehead atoms. The lowest BCUT2D eigenvalue weighted by Gasteiger charge is -2.20. The first-order valence-corrected chi connectivity index (χ1v) is 7.87. The zero-order valence-corrected chi connectivity index (χ0v) is 13.8. The molecule has 20 heavy (non-hydrogen) atoms. The molecule has 0 aromatic carbocycles. The van der Waals surface area contributed by atoms with Gasteiger partial charge in [0.1, 0.15) is 5.01 Å². The summed E-state index contributed by atoms with van der Waals surface area (Å²) in [6, 6.07) is 4.11. The van der Waals surface area contributed by atoms with Gasteiger partial charge in [-0.15, -0.1) is 11.3 Å². The Kier molecular flexibility index (Phi) is 4.55. The lowest BCUT2D eigenvalue weighted by Crippen LogP contribution is -2.35. The molecule has 0 saturated heterocycles. The first kappa shape index (κ1) is 15.1. The van der Waals surface area contributed by atoms with Crippen molar-refractivity contribution in [1.29, 1.82) is 0 Å². The number of thiazole rings is 1. The number of aryl methyl sites for hydroxylation is 2. The van der Waals surface area contributed by atoms with Crippen LogP contribution in [-0.4, -0.2) is 15.5 Å². The van der Waals surface area contributed by atoms with Crippen molar-refractivity contribution in [2.75, 3.05) is 0 Å². The van der Waals surface area contributed by atoms with Gasteiger partial charge in [-0.05, 0) is 51.8 Å². The van der Waals surface area contributed by atoms with Gasteiger partial charge in [0, 0.05) is 23.2 Å². The van der Waals surface area contributed by atoms with Gasteiger partial charge in [0.25, 0.3) is 0 Å². The second-order valence-electron chi connectivity index (χ2n) is 6.06. The topological polar surface area (TPSA) is 37.8 Å². The Morgan fingerprint density at radius 3 is 2.65 bits per heavy atom. The molecule has 0 amide bonds. The fraction of sp³-hybridized carbons (Fsp3) is 0.500. The van der Waals surface area contributed by atoms with Gasteiger partial charge in [-0.1, -0.05) is 6.92 Å². The molecule has 0 aliphatic rings. The lowest BCUT2D eigenvalue weighted by molar-refractivity contribution is 0.425. The Bertz CT molecular complexity index is 582. The highest BCUT2D eigenvalue weighted by atomic mass is 32.1. The van der Waals surface area contributed by atoms with Gasteiger partial charge >= 0.3 is 0 Å². The fourth-order valence-corrected chi connectivity index (χ4v) is 2.96. The summed E-state index contributed by atoms with van der Waals surface area (Å²) in [4.78, 5) is 10.5. The molecule has 2 aromatic heterocycles. The predicted octanol–water partition coefficient (Wildman–Crippen LogP) is 3.96. The number of hydrogen-bond donors (Lipinski definition) is 1. The van der Waals surface area contributed by atoms with Crippen molar-refractivity contribution in [3.05, 3.63) is 34.5 Å². The van der Waals surface area contributed by atoms with Crippen LogP contribution in [0.1, 0.15) is 43.8 Å². The van der Waals surface area contributed by atoms with E-state index in [1.165, 1.54) is 16.1 Å². The normalized spacial score (nSPS) is 11.8. The van der Waals surface area contributed by atoms with E-state index in [1.807, 2.05) is 12.3 Å². The highest BCUT2D eigenvalue weighted by Gasteiger charge is 2.15. The number of pyridine rings is 1. The van der Waals surface area contributed by atoms with Crippen molar-refractivity contribution in [3.63, 3.8) is 0 Å². The SMILES string of the molecule is CCc1nc(-c2cc(C)ccn2)sc1CNC(C)(C)C. The molecule has 1 N–H and O–H groups in total. The summed E-state index contributed by atoms with van der Waals surface area (Å²) in [6.45, 7) is 11.7. The highest BCUT2D eigenvalue weighted by molar-refractivity contribution is 7.15. The van der Waals surface area contributed by atoms with Crippen LogP contribution >= 0.6 is 11.3 Å². The van der Waals surface area contributed by atoms with E-state index in [2.05, 4.69) is 51.0 Å². The molecule has 0 aliphatic heterocycles.